The second-order valence-corrected chi connectivity index (χ2v) is 7.02. The lowest BCUT2D eigenvalue weighted by Gasteiger charge is -2.08. The summed E-state index contributed by atoms with van der Waals surface area (Å²) in [6, 6.07) is 6.77. The Morgan fingerprint density at radius 2 is 1.94 bits per heavy atom. The lowest BCUT2D eigenvalue weighted by Crippen LogP contribution is -2.26. The van der Waals surface area contributed by atoms with Crippen LogP contribution in [0.3, 0.4) is 0 Å². The number of benzene rings is 1. The van der Waals surface area contributed by atoms with E-state index in [9.17, 15) is 8.42 Å². The predicted molar refractivity (Wildman–Crippen MR) is 79.5 cm³/mol. The Labute approximate surface area is 121 Å². The van der Waals surface area contributed by atoms with Gasteiger partial charge >= 0.3 is 0 Å². The molecule has 6 heteroatoms. The third-order valence-electron chi connectivity index (χ3n) is 2.25. The summed E-state index contributed by atoms with van der Waals surface area (Å²) in [6.07, 6.45) is 0.635. The van der Waals surface area contributed by atoms with Crippen molar-refractivity contribution >= 4 is 44.2 Å². The molecule has 1 aromatic carbocycles. The van der Waals surface area contributed by atoms with Crippen LogP contribution in [0.4, 0.5) is 0 Å². The quantitative estimate of drug-likeness (QED) is 0.602. The van der Waals surface area contributed by atoms with Crippen molar-refractivity contribution in [1.29, 1.82) is 0 Å². The standard InChI is InChI=1S/C11H15ClINO2S/c1-9-2-4-11(5-3-9)17(15,16)14-7-6-10(12)8-13/h2-5,10,14H,6-8H2,1H3. The summed E-state index contributed by atoms with van der Waals surface area (Å²) in [5, 5.41) is 0.0105. The number of alkyl halides is 2. The fourth-order valence-electron chi connectivity index (χ4n) is 1.23. The Balaban J connectivity index is 2.60. The molecule has 0 amide bonds. The van der Waals surface area contributed by atoms with Gasteiger partial charge in [-0.3, -0.25) is 0 Å². The Morgan fingerprint density at radius 1 is 1.35 bits per heavy atom. The molecule has 0 saturated heterocycles. The molecule has 0 saturated carbocycles. The number of halogens is 2. The monoisotopic (exact) mass is 387 g/mol. The minimum atomic E-state index is -3.39. The van der Waals surface area contributed by atoms with Gasteiger partial charge in [0, 0.05) is 16.3 Å². The van der Waals surface area contributed by atoms with E-state index in [2.05, 4.69) is 27.3 Å². The van der Waals surface area contributed by atoms with Gasteiger partial charge < -0.3 is 0 Å². The molecule has 0 aromatic heterocycles. The molecule has 0 aliphatic rings. The fraction of sp³-hybridized carbons (Fsp3) is 0.455. The Morgan fingerprint density at radius 3 is 2.47 bits per heavy atom. The van der Waals surface area contributed by atoms with Crippen molar-refractivity contribution in [2.45, 2.75) is 23.6 Å². The molecule has 0 fully saturated rings. The van der Waals surface area contributed by atoms with Crippen LogP contribution >= 0.6 is 34.2 Å². The molecule has 0 aliphatic heterocycles. The van der Waals surface area contributed by atoms with Gasteiger partial charge in [0.15, 0.2) is 0 Å². The van der Waals surface area contributed by atoms with Crippen LogP contribution in [0, 0.1) is 6.92 Å². The molecule has 0 spiro atoms. The van der Waals surface area contributed by atoms with Gasteiger partial charge in [-0.2, -0.15) is 0 Å². The van der Waals surface area contributed by atoms with Crippen molar-refractivity contribution in [2.75, 3.05) is 11.0 Å². The average Bonchev–Trinajstić information content (AvgIpc) is 2.29. The summed E-state index contributed by atoms with van der Waals surface area (Å²) < 4.78 is 27.1. The number of hydrogen-bond acceptors (Lipinski definition) is 2. The zero-order valence-corrected chi connectivity index (χ0v) is 13.2. The average molecular weight is 388 g/mol. The maximum Gasteiger partial charge on any atom is 0.240 e. The lowest BCUT2D eigenvalue weighted by molar-refractivity contribution is 0.579. The van der Waals surface area contributed by atoms with Crippen molar-refractivity contribution in [3.63, 3.8) is 0 Å². The maximum absolute atomic E-state index is 11.9. The second kappa shape index (κ2) is 6.92. The van der Waals surface area contributed by atoms with Gasteiger partial charge in [-0.25, -0.2) is 13.1 Å². The SMILES string of the molecule is Cc1ccc(S(=O)(=O)NCCC(Cl)CI)cc1. The summed E-state index contributed by atoms with van der Waals surface area (Å²) in [7, 11) is -3.39. The summed E-state index contributed by atoms with van der Waals surface area (Å²) in [5.74, 6) is 0. The molecule has 0 radical (unpaired) electrons. The van der Waals surface area contributed by atoms with Gasteiger partial charge in [0.25, 0.3) is 0 Å². The highest BCUT2D eigenvalue weighted by molar-refractivity contribution is 14.1. The highest BCUT2D eigenvalue weighted by atomic mass is 127. The van der Waals surface area contributed by atoms with Crippen LogP contribution in [0.2, 0.25) is 0 Å². The lowest BCUT2D eigenvalue weighted by atomic mass is 10.2. The van der Waals surface area contributed by atoms with Gasteiger partial charge in [0.2, 0.25) is 10.0 Å². The van der Waals surface area contributed by atoms with E-state index in [1.807, 2.05) is 6.92 Å². The fourth-order valence-corrected chi connectivity index (χ4v) is 2.82. The van der Waals surface area contributed by atoms with E-state index in [4.69, 9.17) is 11.6 Å². The van der Waals surface area contributed by atoms with E-state index in [1.165, 1.54) is 0 Å². The Hall–Kier alpha value is 0.150. The number of nitrogens with one attached hydrogen (secondary N) is 1. The van der Waals surface area contributed by atoms with E-state index in [1.54, 1.807) is 24.3 Å². The number of rotatable bonds is 6. The van der Waals surface area contributed by atoms with Gasteiger partial charge in [0.1, 0.15) is 0 Å². The molecule has 1 atom stereocenters. The molecule has 1 rings (SSSR count). The predicted octanol–water partition coefficient (Wildman–Crippen LogP) is 2.71. The zero-order valence-electron chi connectivity index (χ0n) is 9.49. The topological polar surface area (TPSA) is 46.2 Å². The highest BCUT2D eigenvalue weighted by Gasteiger charge is 2.13. The van der Waals surface area contributed by atoms with Crippen molar-refractivity contribution in [3.05, 3.63) is 29.8 Å². The number of hydrogen-bond donors (Lipinski definition) is 1. The maximum atomic E-state index is 11.9. The van der Waals surface area contributed by atoms with Crippen LogP contribution in [0.5, 0.6) is 0 Å². The molecule has 1 N–H and O–H groups in total. The minimum absolute atomic E-state index is 0.0105. The van der Waals surface area contributed by atoms with Gasteiger partial charge in [-0.15, -0.1) is 11.6 Å². The van der Waals surface area contributed by atoms with E-state index in [0.717, 1.165) is 9.99 Å². The summed E-state index contributed by atoms with van der Waals surface area (Å²) in [6.45, 7) is 2.29. The molecule has 1 unspecified atom stereocenters. The highest BCUT2D eigenvalue weighted by Crippen LogP contribution is 2.10. The van der Waals surface area contributed by atoms with E-state index in [0.29, 0.717) is 17.9 Å². The largest absolute Gasteiger partial charge is 0.240 e. The van der Waals surface area contributed by atoms with Crippen LogP contribution in [0.1, 0.15) is 12.0 Å². The first-order chi connectivity index (χ1) is 7.95. The van der Waals surface area contributed by atoms with Crippen molar-refractivity contribution in [1.82, 2.24) is 4.72 Å². The molecule has 17 heavy (non-hydrogen) atoms. The van der Waals surface area contributed by atoms with Crippen LogP contribution in [-0.4, -0.2) is 24.8 Å². The third kappa shape index (κ3) is 5.11. The molecule has 1 aromatic rings. The van der Waals surface area contributed by atoms with Crippen molar-refractivity contribution in [3.8, 4) is 0 Å². The van der Waals surface area contributed by atoms with Crippen molar-refractivity contribution in [2.24, 2.45) is 0 Å². The third-order valence-corrected chi connectivity index (χ3v) is 5.68. The molecule has 0 bridgehead atoms. The van der Waals surface area contributed by atoms with Crippen molar-refractivity contribution < 1.29 is 8.42 Å². The first-order valence-corrected chi connectivity index (χ1v) is 8.66. The second-order valence-electron chi connectivity index (χ2n) is 3.75. The summed E-state index contributed by atoms with van der Waals surface area (Å²) >= 11 is 8.10. The van der Waals surface area contributed by atoms with Crippen LogP contribution < -0.4 is 4.72 Å². The summed E-state index contributed by atoms with van der Waals surface area (Å²) in [4.78, 5) is 0.295. The minimum Gasteiger partial charge on any atom is -0.211 e. The molecule has 0 aliphatic carbocycles. The Bertz CT molecular complexity index is 447. The van der Waals surface area contributed by atoms with E-state index >= 15 is 0 Å². The van der Waals surface area contributed by atoms with E-state index < -0.39 is 10.0 Å². The first-order valence-electron chi connectivity index (χ1n) is 5.22. The van der Waals surface area contributed by atoms with Crippen LogP contribution in [0.15, 0.2) is 29.2 Å². The molecule has 3 nitrogen and oxygen atoms in total. The normalized spacial score (nSPS) is 13.6. The smallest absolute Gasteiger partial charge is 0.211 e. The first kappa shape index (κ1) is 15.2. The molecule has 0 heterocycles. The number of sulfonamides is 1. The molecule has 96 valence electrons. The van der Waals surface area contributed by atoms with E-state index in [-0.39, 0.29) is 5.38 Å². The van der Waals surface area contributed by atoms with Gasteiger partial charge in [0.05, 0.1) is 4.90 Å². The summed E-state index contributed by atoms with van der Waals surface area (Å²) in [5.41, 5.74) is 1.04. The van der Waals surface area contributed by atoms with Gasteiger partial charge in [-0.1, -0.05) is 40.3 Å². The van der Waals surface area contributed by atoms with Gasteiger partial charge in [-0.05, 0) is 25.5 Å². The van der Waals surface area contributed by atoms with Crippen LogP contribution in [-0.2, 0) is 10.0 Å². The molecular weight excluding hydrogens is 373 g/mol. The molecular formula is C11H15ClINO2S. The zero-order chi connectivity index (χ0) is 12.9. The Kier molecular flexibility index (Phi) is 6.19. The number of aryl methyl sites for hydroxylation is 1. The van der Waals surface area contributed by atoms with Crippen LogP contribution in [0.25, 0.3) is 0 Å².